The van der Waals surface area contributed by atoms with Gasteiger partial charge in [0.15, 0.2) is 0 Å². The van der Waals surface area contributed by atoms with E-state index in [1.54, 1.807) is 54.3 Å². The van der Waals surface area contributed by atoms with Crippen molar-refractivity contribution in [3.63, 3.8) is 0 Å². The van der Waals surface area contributed by atoms with Gasteiger partial charge in [0.2, 0.25) is 5.91 Å². The molecular weight excluding hydrogens is 378 g/mol. The Bertz CT molecular complexity index is 982. The summed E-state index contributed by atoms with van der Waals surface area (Å²) in [7, 11) is -3.83. The fourth-order valence-electron chi connectivity index (χ4n) is 3.29. The molecule has 3 rings (SSSR count). The second kappa shape index (κ2) is 8.02. The molecule has 0 bridgehead atoms. The van der Waals surface area contributed by atoms with Crippen LogP contribution in [0.2, 0.25) is 0 Å². The smallest absolute Gasteiger partial charge is 0.262 e. The summed E-state index contributed by atoms with van der Waals surface area (Å²) in [6.07, 6.45) is 1.04. The molecule has 8 heteroatoms. The Morgan fingerprint density at radius 3 is 2.32 bits per heavy atom. The number of nitrogens with two attached hydrogens (primary N) is 1. The molecule has 1 aliphatic rings. The zero-order chi connectivity index (χ0) is 20.3. The van der Waals surface area contributed by atoms with Crippen molar-refractivity contribution in [3.05, 3.63) is 59.7 Å². The topological polar surface area (TPSA) is 110 Å². The molecule has 1 fully saturated rings. The lowest BCUT2D eigenvalue weighted by molar-refractivity contribution is -0.123. The number of amides is 2. The second-order valence-electron chi connectivity index (χ2n) is 6.92. The third-order valence-corrected chi connectivity index (χ3v) is 6.46. The van der Waals surface area contributed by atoms with Crippen LogP contribution >= 0.6 is 0 Å². The molecule has 1 saturated heterocycles. The lowest BCUT2D eigenvalue weighted by Crippen LogP contribution is -2.41. The van der Waals surface area contributed by atoms with Crippen LogP contribution in [0.4, 0.5) is 5.69 Å². The van der Waals surface area contributed by atoms with Gasteiger partial charge in [-0.25, -0.2) is 8.42 Å². The molecule has 3 N–H and O–H groups in total. The summed E-state index contributed by atoms with van der Waals surface area (Å²) in [4.78, 5) is 25.8. The Kier molecular flexibility index (Phi) is 5.69. The number of primary amides is 1. The highest BCUT2D eigenvalue weighted by molar-refractivity contribution is 7.92. The zero-order valence-corrected chi connectivity index (χ0v) is 16.4. The summed E-state index contributed by atoms with van der Waals surface area (Å²) >= 11 is 0. The van der Waals surface area contributed by atoms with Crippen LogP contribution in [0.25, 0.3) is 0 Å². The minimum absolute atomic E-state index is 0.0641. The van der Waals surface area contributed by atoms with E-state index in [-0.39, 0.29) is 22.6 Å². The largest absolute Gasteiger partial charge is 0.369 e. The molecule has 148 valence electrons. The van der Waals surface area contributed by atoms with Gasteiger partial charge in [-0.1, -0.05) is 24.3 Å². The van der Waals surface area contributed by atoms with E-state index in [0.717, 1.165) is 0 Å². The van der Waals surface area contributed by atoms with E-state index in [0.29, 0.717) is 42.7 Å². The van der Waals surface area contributed by atoms with Crippen molar-refractivity contribution in [2.75, 3.05) is 17.8 Å². The number of rotatable bonds is 5. The van der Waals surface area contributed by atoms with Gasteiger partial charge >= 0.3 is 0 Å². The molecular formula is C20H23N3O4S. The van der Waals surface area contributed by atoms with Crippen LogP contribution in [0.5, 0.6) is 0 Å². The van der Waals surface area contributed by atoms with E-state index in [9.17, 15) is 18.0 Å². The minimum atomic E-state index is -3.83. The van der Waals surface area contributed by atoms with Gasteiger partial charge in [-0.2, -0.15) is 0 Å². The van der Waals surface area contributed by atoms with Crippen LogP contribution in [0.1, 0.15) is 28.8 Å². The van der Waals surface area contributed by atoms with Gasteiger partial charge in [0.05, 0.1) is 4.90 Å². The second-order valence-corrected chi connectivity index (χ2v) is 8.57. The van der Waals surface area contributed by atoms with Crippen molar-refractivity contribution in [2.24, 2.45) is 11.7 Å². The molecule has 0 atom stereocenters. The minimum Gasteiger partial charge on any atom is -0.369 e. The van der Waals surface area contributed by atoms with Crippen molar-refractivity contribution in [3.8, 4) is 0 Å². The first kappa shape index (κ1) is 19.9. The maximum absolute atomic E-state index is 12.8. The molecule has 7 nitrogen and oxygen atoms in total. The predicted molar refractivity (Wildman–Crippen MR) is 106 cm³/mol. The molecule has 2 aromatic carbocycles. The Morgan fingerprint density at radius 2 is 1.71 bits per heavy atom. The summed E-state index contributed by atoms with van der Waals surface area (Å²) in [6, 6.07) is 13.2. The average Bonchev–Trinajstić information content (AvgIpc) is 2.68. The maximum atomic E-state index is 12.8. The van der Waals surface area contributed by atoms with E-state index < -0.39 is 10.0 Å². The van der Waals surface area contributed by atoms with Gasteiger partial charge in [0.1, 0.15) is 0 Å². The highest BCUT2D eigenvalue weighted by Crippen LogP contribution is 2.23. The number of hydrogen-bond acceptors (Lipinski definition) is 4. The van der Waals surface area contributed by atoms with Crippen molar-refractivity contribution < 1.29 is 18.0 Å². The molecule has 0 unspecified atom stereocenters. The van der Waals surface area contributed by atoms with Crippen LogP contribution in [0, 0.1) is 12.8 Å². The normalized spacial score (nSPS) is 15.2. The lowest BCUT2D eigenvalue weighted by atomic mass is 9.96. The third kappa shape index (κ3) is 4.33. The summed E-state index contributed by atoms with van der Waals surface area (Å²) in [5, 5.41) is 0. The number of carbonyl (C=O) groups excluding carboxylic acids is 2. The highest BCUT2D eigenvalue weighted by Gasteiger charge is 2.27. The Labute approximate surface area is 164 Å². The molecule has 0 spiro atoms. The Morgan fingerprint density at radius 1 is 1.07 bits per heavy atom. The fraction of sp³-hybridized carbons (Fsp3) is 0.300. The zero-order valence-electron chi connectivity index (χ0n) is 15.6. The Balaban J connectivity index is 1.81. The number of carbonyl (C=O) groups is 2. The van der Waals surface area contributed by atoms with Crippen LogP contribution < -0.4 is 10.5 Å². The van der Waals surface area contributed by atoms with Gasteiger partial charge in [-0.05, 0) is 49.6 Å². The number of nitrogens with one attached hydrogen (secondary N) is 1. The first-order chi connectivity index (χ1) is 13.3. The molecule has 0 aromatic heterocycles. The highest BCUT2D eigenvalue weighted by atomic mass is 32.2. The number of piperidine rings is 1. The number of para-hydroxylation sites is 1. The SMILES string of the molecule is Cc1ccc(C(=O)N2CCC(C(N)=O)CC2)cc1S(=O)(=O)Nc1ccccc1. The predicted octanol–water partition coefficient (Wildman–Crippen LogP) is 2.13. The van der Waals surface area contributed by atoms with E-state index in [1.165, 1.54) is 6.07 Å². The van der Waals surface area contributed by atoms with Gasteiger partial charge in [-0.15, -0.1) is 0 Å². The molecule has 0 saturated carbocycles. The summed E-state index contributed by atoms with van der Waals surface area (Å²) in [5.41, 5.74) is 6.63. The number of anilines is 1. The number of aryl methyl sites for hydroxylation is 1. The first-order valence-corrected chi connectivity index (χ1v) is 10.5. The van der Waals surface area contributed by atoms with Crippen molar-refractivity contribution in [2.45, 2.75) is 24.7 Å². The van der Waals surface area contributed by atoms with Crippen LogP contribution in [0.15, 0.2) is 53.4 Å². The molecule has 28 heavy (non-hydrogen) atoms. The molecule has 0 radical (unpaired) electrons. The van der Waals surface area contributed by atoms with Crippen molar-refractivity contribution in [1.29, 1.82) is 0 Å². The molecule has 0 aliphatic carbocycles. The van der Waals surface area contributed by atoms with E-state index >= 15 is 0 Å². The average molecular weight is 401 g/mol. The van der Waals surface area contributed by atoms with Crippen LogP contribution in [-0.4, -0.2) is 38.2 Å². The van der Waals surface area contributed by atoms with Crippen LogP contribution in [-0.2, 0) is 14.8 Å². The summed E-state index contributed by atoms with van der Waals surface area (Å²) in [6.45, 7) is 2.53. The first-order valence-electron chi connectivity index (χ1n) is 9.05. The molecule has 2 amide bonds. The van der Waals surface area contributed by atoms with Crippen molar-refractivity contribution in [1.82, 2.24) is 4.90 Å². The van der Waals surface area contributed by atoms with E-state index in [2.05, 4.69) is 4.72 Å². The number of benzene rings is 2. The number of hydrogen-bond donors (Lipinski definition) is 2. The Hall–Kier alpha value is -2.87. The maximum Gasteiger partial charge on any atom is 0.262 e. The summed E-state index contributed by atoms with van der Waals surface area (Å²) in [5.74, 6) is -0.810. The lowest BCUT2D eigenvalue weighted by Gasteiger charge is -2.30. The number of nitrogens with zero attached hydrogens (tertiary/aromatic N) is 1. The molecule has 1 heterocycles. The third-order valence-electron chi connectivity index (χ3n) is 4.94. The standard InChI is InChI=1S/C20H23N3O4S/c1-14-7-8-16(20(25)23-11-9-15(10-12-23)19(21)24)13-18(14)28(26,27)22-17-5-3-2-4-6-17/h2-8,13,15,22H,9-12H2,1H3,(H2,21,24). The van der Waals surface area contributed by atoms with E-state index in [4.69, 9.17) is 5.73 Å². The quantitative estimate of drug-likeness (QED) is 0.800. The van der Waals surface area contributed by atoms with Gasteiger partial charge in [0.25, 0.3) is 15.9 Å². The monoisotopic (exact) mass is 401 g/mol. The number of sulfonamides is 1. The van der Waals surface area contributed by atoms with Crippen LogP contribution in [0.3, 0.4) is 0 Å². The fourth-order valence-corrected chi connectivity index (χ4v) is 4.62. The van der Waals surface area contributed by atoms with E-state index in [1.807, 2.05) is 0 Å². The summed E-state index contributed by atoms with van der Waals surface area (Å²) < 4.78 is 28.1. The van der Waals surface area contributed by atoms with Crippen molar-refractivity contribution >= 4 is 27.5 Å². The van der Waals surface area contributed by atoms with Gasteiger partial charge in [0, 0.05) is 30.3 Å². The van der Waals surface area contributed by atoms with Gasteiger partial charge in [-0.3, -0.25) is 14.3 Å². The number of likely N-dealkylation sites (tertiary alicyclic amines) is 1. The van der Waals surface area contributed by atoms with Gasteiger partial charge < -0.3 is 10.6 Å². The molecule has 1 aliphatic heterocycles. The molecule has 2 aromatic rings.